The molecular weight excluding hydrogens is 238 g/mol. The zero-order chi connectivity index (χ0) is 10.8. The normalized spacial score (nSPS) is 21.7. The zero-order valence-corrected chi connectivity index (χ0v) is 9.58. The zero-order valence-electron chi connectivity index (χ0n) is 8.06. The quantitative estimate of drug-likeness (QED) is 0.774. The maximum Gasteiger partial charge on any atom is 0.166 e. The van der Waals surface area contributed by atoms with E-state index in [0.717, 1.165) is 31.5 Å². The van der Waals surface area contributed by atoms with Gasteiger partial charge in [0.25, 0.3) is 0 Å². The molecule has 1 atom stereocenters. The molecule has 2 nitrogen and oxygen atoms in total. The van der Waals surface area contributed by atoms with Crippen LogP contribution >= 0.6 is 23.2 Å². The minimum atomic E-state index is -0.498. The van der Waals surface area contributed by atoms with E-state index in [2.05, 4.69) is 10.3 Å². The molecule has 1 N–H and O–H groups in total. The van der Waals surface area contributed by atoms with Crippen molar-refractivity contribution >= 4 is 23.2 Å². The second-order valence-corrected chi connectivity index (χ2v) is 4.40. The summed E-state index contributed by atoms with van der Waals surface area (Å²) in [6.07, 6.45) is 2.08. The van der Waals surface area contributed by atoms with Gasteiger partial charge in [-0.3, -0.25) is 0 Å². The lowest BCUT2D eigenvalue weighted by atomic mass is 9.93. The molecule has 2 heterocycles. The summed E-state index contributed by atoms with van der Waals surface area (Å²) in [6, 6.07) is 1.40. The van der Waals surface area contributed by atoms with E-state index in [1.165, 1.54) is 6.07 Å². The highest BCUT2D eigenvalue weighted by molar-refractivity contribution is 6.33. The van der Waals surface area contributed by atoms with Gasteiger partial charge in [-0.2, -0.15) is 0 Å². The van der Waals surface area contributed by atoms with Crippen LogP contribution in [0.15, 0.2) is 6.07 Å². The predicted octanol–water partition coefficient (Wildman–Crippen LogP) is 2.99. The number of nitrogens with zero attached hydrogens (tertiary/aromatic N) is 1. The standard InChI is InChI=1S/C10H11Cl2FN2/c11-9-7(4-8(13)10(12)15-9)6-2-1-3-14-5-6/h4,6,14H,1-3,5H2. The number of rotatable bonds is 1. The summed E-state index contributed by atoms with van der Waals surface area (Å²) >= 11 is 11.5. The van der Waals surface area contributed by atoms with Gasteiger partial charge in [0.15, 0.2) is 11.0 Å². The van der Waals surface area contributed by atoms with Crippen molar-refractivity contribution in [1.82, 2.24) is 10.3 Å². The third-order valence-electron chi connectivity index (χ3n) is 2.65. The SMILES string of the molecule is Fc1cc(C2CCCNC2)c(Cl)nc1Cl. The molecule has 0 spiro atoms. The molecule has 0 aromatic carbocycles. The molecular formula is C10H11Cl2FN2. The van der Waals surface area contributed by atoms with Gasteiger partial charge in [-0.25, -0.2) is 9.37 Å². The van der Waals surface area contributed by atoms with Crippen molar-refractivity contribution in [3.8, 4) is 0 Å². The van der Waals surface area contributed by atoms with Crippen molar-refractivity contribution < 1.29 is 4.39 Å². The van der Waals surface area contributed by atoms with E-state index >= 15 is 0 Å². The Kier molecular flexibility index (Phi) is 3.44. The summed E-state index contributed by atoms with van der Waals surface area (Å²) in [5.41, 5.74) is 0.755. The van der Waals surface area contributed by atoms with Gasteiger partial charge in [-0.15, -0.1) is 0 Å². The maximum atomic E-state index is 13.2. The van der Waals surface area contributed by atoms with Gasteiger partial charge in [0, 0.05) is 6.54 Å². The summed E-state index contributed by atoms with van der Waals surface area (Å²) in [7, 11) is 0. The number of piperidine rings is 1. The van der Waals surface area contributed by atoms with Crippen molar-refractivity contribution in [3.05, 3.63) is 27.8 Å². The molecule has 5 heteroatoms. The van der Waals surface area contributed by atoms with Crippen LogP contribution in [0.3, 0.4) is 0 Å². The topological polar surface area (TPSA) is 24.9 Å². The first-order valence-electron chi connectivity index (χ1n) is 4.90. The van der Waals surface area contributed by atoms with E-state index in [0.29, 0.717) is 5.15 Å². The molecule has 0 saturated carbocycles. The highest BCUT2D eigenvalue weighted by Gasteiger charge is 2.20. The minimum absolute atomic E-state index is 0.160. The molecule has 1 fully saturated rings. The fraction of sp³-hybridized carbons (Fsp3) is 0.500. The molecule has 0 aliphatic carbocycles. The first kappa shape index (κ1) is 11.1. The van der Waals surface area contributed by atoms with Crippen molar-refractivity contribution in [2.24, 2.45) is 0 Å². The van der Waals surface area contributed by atoms with E-state index in [4.69, 9.17) is 23.2 Å². The molecule has 15 heavy (non-hydrogen) atoms. The molecule has 0 radical (unpaired) electrons. The average Bonchev–Trinajstić information content (AvgIpc) is 2.25. The van der Waals surface area contributed by atoms with Gasteiger partial charge in [0.1, 0.15) is 5.15 Å². The van der Waals surface area contributed by atoms with Crippen LogP contribution in [0.1, 0.15) is 24.3 Å². The van der Waals surface area contributed by atoms with Crippen molar-refractivity contribution in [3.63, 3.8) is 0 Å². The minimum Gasteiger partial charge on any atom is -0.316 e. The number of aromatic nitrogens is 1. The lowest BCUT2D eigenvalue weighted by molar-refractivity contribution is 0.459. The number of halogens is 3. The molecule has 1 aliphatic heterocycles. The van der Waals surface area contributed by atoms with Crippen LogP contribution in [0, 0.1) is 5.82 Å². The van der Waals surface area contributed by atoms with E-state index in [9.17, 15) is 4.39 Å². The second kappa shape index (κ2) is 4.64. The van der Waals surface area contributed by atoms with Crippen LogP contribution in [0.4, 0.5) is 4.39 Å². The molecule has 82 valence electrons. The summed E-state index contributed by atoms with van der Waals surface area (Å²) in [4.78, 5) is 3.78. The third-order valence-corrected chi connectivity index (χ3v) is 3.22. The summed E-state index contributed by atoms with van der Waals surface area (Å²) in [5, 5.41) is 3.41. The van der Waals surface area contributed by atoms with Crippen molar-refractivity contribution in [2.45, 2.75) is 18.8 Å². The molecule has 1 aliphatic rings. The van der Waals surface area contributed by atoms with Gasteiger partial charge in [-0.05, 0) is 36.9 Å². The van der Waals surface area contributed by atoms with Crippen molar-refractivity contribution in [1.29, 1.82) is 0 Å². The summed E-state index contributed by atoms with van der Waals surface area (Å²) in [6.45, 7) is 1.83. The van der Waals surface area contributed by atoms with Crippen LogP contribution in [0.25, 0.3) is 0 Å². The Balaban J connectivity index is 2.30. The van der Waals surface area contributed by atoms with Crippen molar-refractivity contribution in [2.75, 3.05) is 13.1 Å². The third kappa shape index (κ3) is 2.41. The molecule has 2 rings (SSSR count). The van der Waals surface area contributed by atoms with E-state index in [1.54, 1.807) is 0 Å². The van der Waals surface area contributed by atoms with Crippen LogP contribution in [0.2, 0.25) is 10.3 Å². The smallest absolute Gasteiger partial charge is 0.166 e. The van der Waals surface area contributed by atoms with Crippen LogP contribution in [-0.4, -0.2) is 18.1 Å². The van der Waals surface area contributed by atoms with Crippen LogP contribution in [-0.2, 0) is 0 Å². The van der Waals surface area contributed by atoms with E-state index in [1.807, 2.05) is 0 Å². The number of pyridine rings is 1. The van der Waals surface area contributed by atoms with Gasteiger partial charge in [-0.1, -0.05) is 23.2 Å². The number of nitrogens with one attached hydrogen (secondary N) is 1. The summed E-state index contributed by atoms with van der Waals surface area (Å²) in [5.74, 6) is -0.257. The monoisotopic (exact) mass is 248 g/mol. The Morgan fingerprint density at radius 1 is 1.40 bits per heavy atom. The fourth-order valence-corrected chi connectivity index (χ4v) is 2.34. The predicted molar refractivity (Wildman–Crippen MR) is 59.1 cm³/mol. The molecule has 1 aromatic heterocycles. The Hall–Kier alpha value is -0.380. The molecule has 1 unspecified atom stereocenters. The van der Waals surface area contributed by atoms with E-state index in [-0.39, 0.29) is 11.1 Å². The first-order chi connectivity index (χ1) is 7.18. The van der Waals surface area contributed by atoms with Crippen LogP contribution < -0.4 is 5.32 Å². The first-order valence-corrected chi connectivity index (χ1v) is 5.66. The highest BCUT2D eigenvalue weighted by atomic mass is 35.5. The lowest BCUT2D eigenvalue weighted by Crippen LogP contribution is -2.28. The lowest BCUT2D eigenvalue weighted by Gasteiger charge is -2.23. The molecule has 0 bridgehead atoms. The maximum absolute atomic E-state index is 13.2. The largest absolute Gasteiger partial charge is 0.316 e. The van der Waals surface area contributed by atoms with Gasteiger partial charge >= 0.3 is 0 Å². The Morgan fingerprint density at radius 3 is 2.87 bits per heavy atom. The summed E-state index contributed by atoms with van der Waals surface area (Å²) < 4.78 is 13.2. The van der Waals surface area contributed by atoms with Gasteiger partial charge < -0.3 is 5.32 Å². The number of hydrogen-bond acceptors (Lipinski definition) is 2. The molecule has 1 aromatic rings. The second-order valence-electron chi connectivity index (χ2n) is 3.68. The van der Waals surface area contributed by atoms with Crippen LogP contribution in [0.5, 0.6) is 0 Å². The molecule has 1 saturated heterocycles. The van der Waals surface area contributed by atoms with Gasteiger partial charge in [0.05, 0.1) is 0 Å². The highest BCUT2D eigenvalue weighted by Crippen LogP contribution is 2.30. The Bertz CT molecular complexity index is 365. The molecule has 0 amide bonds. The Labute approximate surface area is 97.8 Å². The van der Waals surface area contributed by atoms with E-state index < -0.39 is 5.82 Å². The average molecular weight is 249 g/mol. The van der Waals surface area contributed by atoms with Gasteiger partial charge in [0.2, 0.25) is 0 Å². The fourth-order valence-electron chi connectivity index (χ4n) is 1.86. The number of hydrogen-bond donors (Lipinski definition) is 1. The Morgan fingerprint density at radius 2 is 2.20 bits per heavy atom.